The lowest BCUT2D eigenvalue weighted by atomic mass is 10.0. The van der Waals surface area contributed by atoms with Crippen molar-refractivity contribution >= 4 is 11.9 Å². The Hall–Kier alpha value is -1.84. The highest BCUT2D eigenvalue weighted by molar-refractivity contribution is 5.98. The van der Waals surface area contributed by atoms with Crippen LogP contribution in [0.5, 0.6) is 0 Å². The van der Waals surface area contributed by atoms with E-state index < -0.39 is 6.04 Å². The second-order valence-electron chi connectivity index (χ2n) is 5.16. The van der Waals surface area contributed by atoms with Crippen LogP contribution in [0.3, 0.4) is 0 Å². The van der Waals surface area contributed by atoms with Crippen LogP contribution >= 0.6 is 0 Å². The molecule has 4 heteroatoms. The minimum absolute atomic E-state index is 0.0678. The molecular weight excluding hydrogens is 254 g/mol. The Balaban J connectivity index is 2.23. The van der Waals surface area contributed by atoms with Gasteiger partial charge in [0, 0.05) is 12.1 Å². The maximum atomic E-state index is 12.7. The Labute approximate surface area is 119 Å². The van der Waals surface area contributed by atoms with Gasteiger partial charge in [-0.1, -0.05) is 12.1 Å². The average molecular weight is 275 g/mol. The lowest BCUT2D eigenvalue weighted by Gasteiger charge is -2.24. The number of nitrogens with zero attached hydrogens (tertiary/aromatic N) is 1. The predicted octanol–water partition coefficient (Wildman–Crippen LogP) is 2.47. The second-order valence-corrected chi connectivity index (χ2v) is 5.16. The first-order valence-corrected chi connectivity index (χ1v) is 7.10. The Morgan fingerprint density at radius 2 is 2.10 bits per heavy atom. The number of ether oxygens (including phenoxy) is 1. The quantitative estimate of drug-likeness (QED) is 0.796. The van der Waals surface area contributed by atoms with E-state index in [-0.39, 0.29) is 11.9 Å². The first-order valence-electron chi connectivity index (χ1n) is 7.10. The van der Waals surface area contributed by atoms with Crippen LogP contribution in [0.2, 0.25) is 0 Å². The molecular formula is C16H21NO3. The van der Waals surface area contributed by atoms with E-state index in [1.54, 1.807) is 11.8 Å². The van der Waals surface area contributed by atoms with Gasteiger partial charge in [0.05, 0.1) is 6.61 Å². The van der Waals surface area contributed by atoms with Crippen LogP contribution in [0.1, 0.15) is 41.3 Å². The smallest absolute Gasteiger partial charge is 0.328 e. The molecule has 1 aliphatic heterocycles. The van der Waals surface area contributed by atoms with Crippen LogP contribution in [0.4, 0.5) is 0 Å². The van der Waals surface area contributed by atoms with Crippen LogP contribution in [-0.4, -0.2) is 36.0 Å². The molecule has 1 saturated heterocycles. The third-order valence-corrected chi connectivity index (χ3v) is 3.91. The van der Waals surface area contributed by atoms with Crippen molar-refractivity contribution in [2.24, 2.45) is 0 Å². The summed E-state index contributed by atoms with van der Waals surface area (Å²) in [4.78, 5) is 26.2. The summed E-state index contributed by atoms with van der Waals surface area (Å²) in [6.45, 7) is 6.68. The van der Waals surface area contributed by atoms with Crippen molar-refractivity contribution in [2.45, 2.75) is 39.7 Å². The Bertz CT molecular complexity index is 524. The summed E-state index contributed by atoms with van der Waals surface area (Å²) >= 11 is 0. The molecule has 20 heavy (non-hydrogen) atoms. The lowest BCUT2D eigenvalue weighted by molar-refractivity contribution is -0.147. The fourth-order valence-electron chi connectivity index (χ4n) is 2.63. The van der Waals surface area contributed by atoms with Gasteiger partial charge in [-0.05, 0) is 50.8 Å². The second kappa shape index (κ2) is 6.07. The van der Waals surface area contributed by atoms with Gasteiger partial charge in [0.2, 0.25) is 0 Å². The lowest BCUT2D eigenvalue weighted by Crippen LogP contribution is -2.41. The maximum absolute atomic E-state index is 12.7. The first kappa shape index (κ1) is 14.6. The van der Waals surface area contributed by atoms with E-state index in [4.69, 9.17) is 4.74 Å². The summed E-state index contributed by atoms with van der Waals surface area (Å²) < 4.78 is 5.06. The Morgan fingerprint density at radius 3 is 2.80 bits per heavy atom. The molecule has 0 spiro atoms. The van der Waals surface area contributed by atoms with Crippen LogP contribution in [0.15, 0.2) is 18.2 Å². The number of rotatable bonds is 3. The van der Waals surface area contributed by atoms with Gasteiger partial charge < -0.3 is 9.64 Å². The third kappa shape index (κ3) is 2.69. The van der Waals surface area contributed by atoms with Crippen molar-refractivity contribution in [2.75, 3.05) is 13.2 Å². The summed E-state index contributed by atoms with van der Waals surface area (Å²) in [6.07, 6.45) is 1.54. The van der Waals surface area contributed by atoms with E-state index in [1.165, 1.54) is 0 Å². The zero-order valence-electron chi connectivity index (χ0n) is 12.3. The van der Waals surface area contributed by atoms with Crippen LogP contribution in [-0.2, 0) is 9.53 Å². The summed E-state index contributed by atoms with van der Waals surface area (Å²) in [5.74, 6) is -0.356. The Kier molecular flexibility index (Phi) is 4.42. The zero-order valence-corrected chi connectivity index (χ0v) is 12.3. The third-order valence-electron chi connectivity index (χ3n) is 3.91. The number of hydrogen-bond donors (Lipinski definition) is 0. The molecule has 1 aliphatic rings. The largest absolute Gasteiger partial charge is 0.464 e. The molecule has 1 aromatic carbocycles. The molecule has 4 nitrogen and oxygen atoms in total. The number of hydrogen-bond acceptors (Lipinski definition) is 3. The summed E-state index contributed by atoms with van der Waals surface area (Å²) in [5.41, 5.74) is 2.75. The topological polar surface area (TPSA) is 46.6 Å². The number of carbonyl (C=O) groups excluding carboxylic acids is 2. The van der Waals surface area contributed by atoms with Crippen molar-refractivity contribution in [1.29, 1.82) is 0 Å². The highest BCUT2D eigenvalue weighted by atomic mass is 16.5. The number of benzene rings is 1. The van der Waals surface area contributed by atoms with E-state index in [9.17, 15) is 9.59 Å². The molecule has 1 aromatic rings. The van der Waals surface area contributed by atoms with Gasteiger partial charge in [-0.25, -0.2) is 4.79 Å². The van der Waals surface area contributed by atoms with Crippen LogP contribution < -0.4 is 0 Å². The minimum Gasteiger partial charge on any atom is -0.464 e. The van der Waals surface area contributed by atoms with Gasteiger partial charge >= 0.3 is 5.97 Å². The minimum atomic E-state index is -0.428. The summed E-state index contributed by atoms with van der Waals surface area (Å²) in [7, 11) is 0. The molecule has 0 N–H and O–H groups in total. The molecule has 0 bridgehead atoms. The van der Waals surface area contributed by atoms with Crippen molar-refractivity contribution in [1.82, 2.24) is 4.90 Å². The highest BCUT2D eigenvalue weighted by Crippen LogP contribution is 2.23. The molecule has 1 fully saturated rings. The van der Waals surface area contributed by atoms with Crippen LogP contribution in [0, 0.1) is 13.8 Å². The summed E-state index contributed by atoms with van der Waals surface area (Å²) in [5, 5.41) is 0. The first-order chi connectivity index (χ1) is 9.56. The van der Waals surface area contributed by atoms with E-state index in [2.05, 4.69) is 0 Å². The van der Waals surface area contributed by atoms with Crippen molar-refractivity contribution in [3.63, 3.8) is 0 Å². The average Bonchev–Trinajstić information content (AvgIpc) is 2.91. The number of amides is 1. The number of likely N-dealkylation sites (tertiary alicyclic amines) is 1. The van der Waals surface area contributed by atoms with E-state index in [0.29, 0.717) is 25.1 Å². The fraction of sp³-hybridized carbons (Fsp3) is 0.500. The van der Waals surface area contributed by atoms with Gasteiger partial charge in [0.15, 0.2) is 0 Å². The van der Waals surface area contributed by atoms with Gasteiger partial charge in [0.25, 0.3) is 5.91 Å². The van der Waals surface area contributed by atoms with Crippen LogP contribution in [0.25, 0.3) is 0 Å². The molecule has 1 amide bonds. The maximum Gasteiger partial charge on any atom is 0.328 e. The molecule has 0 aliphatic carbocycles. The van der Waals surface area contributed by atoms with Gasteiger partial charge in [-0.2, -0.15) is 0 Å². The molecule has 1 atom stereocenters. The molecule has 1 heterocycles. The molecule has 108 valence electrons. The van der Waals surface area contributed by atoms with Crippen molar-refractivity contribution in [3.8, 4) is 0 Å². The van der Waals surface area contributed by atoms with Gasteiger partial charge in [-0.15, -0.1) is 0 Å². The SMILES string of the molecule is CCOC(=O)C1CCCN1C(=O)c1cccc(C)c1C. The predicted molar refractivity (Wildman–Crippen MR) is 76.6 cm³/mol. The number of esters is 1. The van der Waals surface area contributed by atoms with Crippen molar-refractivity contribution < 1.29 is 14.3 Å². The van der Waals surface area contributed by atoms with Gasteiger partial charge in [0.1, 0.15) is 6.04 Å². The molecule has 0 radical (unpaired) electrons. The summed E-state index contributed by atoms with van der Waals surface area (Å²) in [6, 6.07) is 5.26. The molecule has 1 unspecified atom stereocenters. The Morgan fingerprint density at radius 1 is 1.35 bits per heavy atom. The van der Waals surface area contributed by atoms with E-state index in [0.717, 1.165) is 17.5 Å². The standard InChI is InChI=1S/C16H21NO3/c1-4-20-16(19)14-9-6-10-17(14)15(18)13-8-5-7-11(2)12(13)3/h5,7-8,14H,4,6,9-10H2,1-3H3. The monoisotopic (exact) mass is 275 g/mol. The molecule has 0 saturated carbocycles. The van der Waals surface area contributed by atoms with Gasteiger partial charge in [-0.3, -0.25) is 4.79 Å². The zero-order chi connectivity index (χ0) is 14.7. The fourth-order valence-corrected chi connectivity index (χ4v) is 2.63. The molecule has 2 rings (SSSR count). The highest BCUT2D eigenvalue weighted by Gasteiger charge is 2.35. The molecule has 0 aromatic heterocycles. The number of aryl methyl sites for hydroxylation is 1. The van der Waals surface area contributed by atoms with E-state index >= 15 is 0 Å². The van der Waals surface area contributed by atoms with Crippen molar-refractivity contribution in [3.05, 3.63) is 34.9 Å². The van der Waals surface area contributed by atoms with E-state index in [1.807, 2.05) is 32.0 Å². The number of carbonyl (C=O) groups is 2. The normalized spacial score (nSPS) is 18.1.